The number of likely N-dealkylation sites (tertiary alicyclic amines) is 1. The maximum atomic E-state index is 5.91. The van der Waals surface area contributed by atoms with Gasteiger partial charge in [-0.25, -0.2) is 0 Å². The number of rotatable bonds is 2. The van der Waals surface area contributed by atoms with Crippen molar-refractivity contribution in [2.24, 2.45) is 5.92 Å². The molecule has 2 aromatic carbocycles. The summed E-state index contributed by atoms with van der Waals surface area (Å²) in [6.07, 6.45) is 0. The van der Waals surface area contributed by atoms with Gasteiger partial charge in [0.2, 0.25) is 0 Å². The topological polar surface area (TPSA) is 12.5 Å². The Bertz CT molecular complexity index is 601. The molecule has 2 heterocycles. The maximum absolute atomic E-state index is 5.91. The normalized spacial score (nSPS) is 23.6. The summed E-state index contributed by atoms with van der Waals surface area (Å²) in [7, 11) is 0. The first kappa shape index (κ1) is 14.4. The zero-order chi connectivity index (χ0) is 13.4. The van der Waals surface area contributed by atoms with Crippen molar-refractivity contribution >= 4 is 12.4 Å². The number of hydrogen-bond acceptors (Lipinski definition) is 2. The molecule has 2 unspecified atom stereocenters. The summed E-state index contributed by atoms with van der Waals surface area (Å²) < 4.78 is 5.91. The lowest BCUT2D eigenvalue weighted by molar-refractivity contribution is 0.212. The zero-order valence-corrected chi connectivity index (χ0v) is 12.8. The van der Waals surface area contributed by atoms with Crippen molar-refractivity contribution in [1.82, 2.24) is 4.90 Å². The summed E-state index contributed by atoms with van der Waals surface area (Å²) in [4.78, 5) is 2.57. The lowest BCUT2D eigenvalue weighted by Gasteiger charge is -2.27. The highest BCUT2D eigenvalue weighted by atomic mass is 35.5. The van der Waals surface area contributed by atoms with E-state index in [2.05, 4.69) is 59.5 Å². The fraction of sp³-hybridized carbons (Fsp3) is 0.333. The quantitative estimate of drug-likeness (QED) is 0.838. The fourth-order valence-electron chi connectivity index (χ4n) is 3.57. The molecular weight excluding hydrogens is 282 g/mol. The van der Waals surface area contributed by atoms with Crippen molar-refractivity contribution in [2.75, 3.05) is 19.7 Å². The molecule has 1 fully saturated rings. The fourth-order valence-corrected chi connectivity index (χ4v) is 3.57. The molecular formula is C18H20ClNO. The first-order valence-corrected chi connectivity index (χ1v) is 7.38. The van der Waals surface area contributed by atoms with E-state index < -0.39 is 0 Å². The number of para-hydroxylation sites is 1. The van der Waals surface area contributed by atoms with Crippen LogP contribution in [0.15, 0.2) is 54.6 Å². The van der Waals surface area contributed by atoms with Gasteiger partial charge >= 0.3 is 0 Å². The van der Waals surface area contributed by atoms with Crippen LogP contribution in [0.5, 0.6) is 5.75 Å². The molecule has 21 heavy (non-hydrogen) atoms. The van der Waals surface area contributed by atoms with Crippen LogP contribution in [0, 0.1) is 5.92 Å². The molecule has 0 spiro atoms. The minimum atomic E-state index is 0. The minimum Gasteiger partial charge on any atom is -0.493 e. The molecule has 2 aliphatic heterocycles. The number of nitrogens with zero attached hydrogens (tertiary/aromatic N) is 1. The highest BCUT2D eigenvalue weighted by Gasteiger charge is 2.38. The van der Waals surface area contributed by atoms with Gasteiger partial charge in [0.15, 0.2) is 0 Å². The first-order valence-electron chi connectivity index (χ1n) is 7.38. The molecule has 2 atom stereocenters. The summed E-state index contributed by atoms with van der Waals surface area (Å²) in [6.45, 7) is 4.22. The summed E-state index contributed by atoms with van der Waals surface area (Å²) in [5.74, 6) is 2.38. The van der Waals surface area contributed by atoms with E-state index in [1.54, 1.807) is 0 Å². The Kier molecular flexibility index (Phi) is 4.18. The monoisotopic (exact) mass is 301 g/mol. The second-order valence-corrected chi connectivity index (χ2v) is 5.90. The SMILES string of the molecule is Cl.c1ccc(CN2CC3COc4ccccc4C3C2)cc1. The van der Waals surface area contributed by atoms with Crippen LogP contribution >= 0.6 is 12.4 Å². The molecule has 0 N–H and O–H groups in total. The van der Waals surface area contributed by atoms with E-state index in [-0.39, 0.29) is 12.4 Å². The van der Waals surface area contributed by atoms with Crippen molar-refractivity contribution in [3.05, 3.63) is 65.7 Å². The van der Waals surface area contributed by atoms with Crippen molar-refractivity contribution < 1.29 is 4.74 Å². The number of hydrogen-bond donors (Lipinski definition) is 0. The summed E-state index contributed by atoms with van der Waals surface area (Å²) >= 11 is 0. The molecule has 4 rings (SSSR count). The number of benzene rings is 2. The predicted molar refractivity (Wildman–Crippen MR) is 87.1 cm³/mol. The molecule has 0 bridgehead atoms. The van der Waals surface area contributed by atoms with Gasteiger partial charge in [-0.3, -0.25) is 4.90 Å². The molecule has 1 saturated heterocycles. The van der Waals surface area contributed by atoms with Gasteiger partial charge < -0.3 is 4.74 Å². The standard InChI is InChI=1S/C18H19NO.ClH/c1-2-6-14(7-3-1)10-19-11-15-13-20-18-9-5-4-8-16(18)17(15)12-19;/h1-9,15,17H,10-13H2;1H. The number of ether oxygens (including phenoxy) is 1. The number of halogens is 1. The summed E-state index contributed by atoms with van der Waals surface area (Å²) in [5.41, 5.74) is 2.81. The van der Waals surface area contributed by atoms with Crippen LogP contribution in [0.2, 0.25) is 0 Å². The van der Waals surface area contributed by atoms with Gasteiger partial charge in [-0.2, -0.15) is 0 Å². The molecule has 2 aliphatic rings. The van der Waals surface area contributed by atoms with Gasteiger partial charge in [0, 0.05) is 31.5 Å². The van der Waals surface area contributed by atoms with Gasteiger partial charge in [-0.05, 0) is 17.2 Å². The molecule has 110 valence electrons. The van der Waals surface area contributed by atoms with Crippen LogP contribution in [0.1, 0.15) is 17.0 Å². The molecule has 0 aromatic heterocycles. The Labute approximate surface area is 132 Å². The van der Waals surface area contributed by atoms with Crippen molar-refractivity contribution in [1.29, 1.82) is 0 Å². The number of fused-ring (bicyclic) bond motifs is 3. The predicted octanol–water partition coefficient (Wildman–Crippen LogP) is 3.72. The highest BCUT2D eigenvalue weighted by molar-refractivity contribution is 5.85. The Morgan fingerprint density at radius 3 is 2.57 bits per heavy atom. The van der Waals surface area contributed by atoms with Gasteiger partial charge in [-0.15, -0.1) is 12.4 Å². The van der Waals surface area contributed by atoms with E-state index in [4.69, 9.17) is 4.74 Å². The highest BCUT2D eigenvalue weighted by Crippen LogP contribution is 2.41. The molecule has 0 radical (unpaired) electrons. The van der Waals surface area contributed by atoms with Crippen LogP contribution in [0.25, 0.3) is 0 Å². The van der Waals surface area contributed by atoms with Crippen molar-refractivity contribution in [2.45, 2.75) is 12.5 Å². The smallest absolute Gasteiger partial charge is 0.122 e. The third-order valence-corrected chi connectivity index (χ3v) is 4.54. The van der Waals surface area contributed by atoms with E-state index in [1.165, 1.54) is 11.1 Å². The lowest BCUT2D eigenvalue weighted by atomic mass is 9.87. The van der Waals surface area contributed by atoms with Crippen LogP contribution in [-0.2, 0) is 6.54 Å². The Balaban J connectivity index is 0.00000132. The minimum absolute atomic E-state index is 0. The zero-order valence-electron chi connectivity index (χ0n) is 11.9. The molecule has 0 amide bonds. The van der Waals surface area contributed by atoms with E-state index in [0.717, 1.165) is 32.0 Å². The van der Waals surface area contributed by atoms with Crippen LogP contribution in [0.3, 0.4) is 0 Å². The average molecular weight is 302 g/mol. The maximum Gasteiger partial charge on any atom is 0.122 e. The molecule has 0 aliphatic carbocycles. The molecule has 3 heteroatoms. The van der Waals surface area contributed by atoms with Gasteiger partial charge in [0.05, 0.1) is 6.61 Å². The van der Waals surface area contributed by atoms with Crippen molar-refractivity contribution in [3.63, 3.8) is 0 Å². The van der Waals surface area contributed by atoms with Gasteiger partial charge in [0.1, 0.15) is 5.75 Å². The van der Waals surface area contributed by atoms with Crippen LogP contribution in [-0.4, -0.2) is 24.6 Å². The second kappa shape index (κ2) is 6.08. The Hall–Kier alpha value is -1.51. The summed E-state index contributed by atoms with van der Waals surface area (Å²) in [6, 6.07) is 19.3. The summed E-state index contributed by atoms with van der Waals surface area (Å²) in [5, 5.41) is 0. The molecule has 2 aromatic rings. The average Bonchev–Trinajstić information content (AvgIpc) is 2.91. The Morgan fingerprint density at radius 1 is 0.952 bits per heavy atom. The van der Waals surface area contributed by atoms with Crippen molar-refractivity contribution in [3.8, 4) is 5.75 Å². The third-order valence-electron chi connectivity index (χ3n) is 4.54. The van der Waals surface area contributed by atoms with E-state index in [9.17, 15) is 0 Å². The molecule has 0 saturated carbocycles. The van der Waals surface area contributed by atoms with Gasteiger partial charge in [-0.1, -0.05) is 48.5 Å². The van der Waals surface area contributed by atoms with Crippen LogP contribution in [0.4, 0.5) is 0 Å². The lowest BCUT2D eigenvalue weighted by Crippen LogP contribution is -2.24. The van der Waals surface area contributed by atoms with Crippen LogP contribution < -0.4 is 4.74 Å². The molecule has 2 nitrogen and oxygen atoms in total. The third kappa shape index (κ3) is 2.78. The van der Waals surface area contributed by atoms with E-state index in [0.29, 0.717) is 11.8 Å². The van der Waals surface area contributed by atoms with E-state index >= 15 is 0 Å². The Morgan fingerprint density at radius 2 is 1.71 bits per heavy atom. The van der Waals surface area contributed by atoms with Gasteiger partial charge in [0.25, 0.3) is 0 Å². The first-order chi connectivity index (χ1) is 9.90. The second-order valence-electron chi connectivity index (χ2n) is 5.90. The van der Waals surface area contributed by atoms with E-state index in [1.807, 2.05) is 0 Å². The largest absolute Gasteiger partial charge is 0.493 e.